The van der Waals surface area contributed by atoms with E-state index in [0.29, 0.717) is 5.75 Å². The maximum atomic E-state index is 5.31. The first-order chi connectivity index (χ1) is 9.19. The Balaban J connectivity index is 2.52. The Bertz CT molecular complexity index is 582. The Labute approximate surface area is 113 Å². The zero-order chi connectivity index (χ0) is 13.8. The number of hydrogen-bond donors (Lipinski definition) is 1. The molecule has 0 amide bonds. The van der Waals surface area contributed by atoms with E-state index in [1.807, 2.05) is 12.1 Å². The van der Waals surface area contributed by atoms with E-state index in [1.54, 1.807) is 14.2 Å². The molecule has 2 aromatic rings. The van der Waals surface area contributed by atoms with Crippen molar-refractivity contribution in [2.45, 2.75) is 20.3 Å². The molecule has 0 radical (unpaired) electrons. The van der Waals surface area contributed by atoms with Gasteiger partial charge in [-0.25, -0.2) is 4.98 Å². The lowest BCUT2D eigenvalue weighted by atomic mass is 10.1. The molecule has 0 aliphatic heterocycles. The van der Waals surface area contributed by atoms with Crippen molar-refractivity contribution in [3.63, 3.8) is 0 Å². The summed E-state index contributed by atoms with van der Waals surface area (Å²) < 4.78 is 10.6. The second kappa shape index (κ2) is 5.78. The summed E-state index contributed by atoms with van der Waals surface area (Å²) in [4.78, 5) is 4.65. The Morgan fingerprint density at radius 2 is 1.79 bits per heavy atom. The van der Waals surface area contributed by atoms with Crippen molar-refractivity contribution in [1.82, 2.24) is 4.98 Å². The van der Waals surface area contributed by atoms with Gasteiger partial charge in [0.05, 0.1) is 19.7 Å². The maximum absolute atomic E-state index is 5.31. The van der Waals surface area contributed by atoms with Crippen LogP contribution < -0.4 is 14.8 Å². The first kappa shape index (κ1) is 13.5. The van der Waals surface area contributed by atoms with Crippen LogP contribution >= 0.6 is 0 Å². The van der Waals surface area contributed by atoms with Crippen molar-refractivity contribution in [1.29, 1.82) is 0 Å². The van der Waals surface area contributed by atoms with Gasteiger partial charge in [-0.05, 0) is 31.0 Å². The third-order valence-electron chi connectivity index (χ3n) is 3.05. The number of nitrogens with one attached hydrogen (secondary N) is 1. The number of aromatic nitrogens is 1. The summed E-state index contributed by atoms with van der Waals surface area (Å²) in [5.74, 6) is 2.36. The Hall–Kier alpha value is -1.97. The van der Waals surface area contributed by atoms with Crippen LogP contribution in [0.3, 0.4) is 0 Å². The van der Waals surface area contributed by atoms with Gasteiger partial charge in [-0.2, -0.15) is 0 Å². The molecule has 1 aromatic carbocycles. The number of fused-ring (bicyclic) bond motifs is 1. The predicted octanol–water partition coefficient (Wildman–Crippen LogP) is 3.38. The van der Waals surface area contributed by atoms with E-state index in [-0.39, 0.29) is 0 Å². The number of aryl methyl sites for hydroxylation is 1. The molecule has 0 fully saturated rings. The van der Waals surface area contributed by atoms with E-state index in [2.05, 4.69) is 30.2 Å². The average molecular weight is 260 g/mol. The van der Waals surface area contributed by atoms with Crippen molar-refractivity contribution >= 4 is 16.7 Å². The van der Waals surface area contributed by atoms with E-state index in [9.17, 15) is 0 Å². The highest BCUT2D eigenvalue weighted by Crippen LogP contribution is 2.32. The lowest BCUT2D eigenvalue weighted by molar-refractivity contribution is 0.356. The molecule has 4 nitrogen and oxygen atoms in total. The molecule has 1 aromatic heterocycles. The highest BCUT2D eigenvalue weighted by atomic mass is 16.5. The summed E-state index contributed by atoms with van der Waals surface area (Å²) >= 11 is 0. The molecule has 0 unspecified atom stereocenters. The summed E-state index contributed by atoms with van der Waals surface area (Å²) in [7, 11) is 3.27. The van der Waals surface area contributed by atoms with Gasteiger partial charge >= 0.3 is 0 Å². The van der Waals surface area contributed by atoms with Gasteiger partial charge in [0.2, 0.25) is 0 Å². The minimum atomic E-state index is 0.702. The van der Waals surface area contributed by atoms with E-state index in [4.69, 9.17) is 9.47 Å². The summed E-state index contributed by atoms with van der Waals surface area (Å²) in [6, 6.07) is 5.98. The number of anilines is 1. The lowest BCUT2D eigenvalue weighted by Crippen LogP contribution is -2.04. The zero-order valence-electron chi connectivity index (χ0n) is 11.9. The van der Waals surface area contributed by atoms with Gasteiger partial charge in [-0.3, -0.25) is 0 Å². The van der Waals surface area contributed by atoms with Gasteiger partial charge in [0.25, 0.3) is 0 Å². The van der Waals surface area contributed by atoms with Crippen molar-refractivity contribution in [2.24, 2.45) is 0 Å². The number of nitrogens with zero attached hydrogens (tertiary/aromatic N) is 1. The van der Waals surface area contributed by atoms with Crippen molar-refractivity contribution in [3.8, 4) is 11.5 Å². The molecular weight excluding hydrogens is 240 g/mol. The van der Waals surface area contributed by atoms with Crippen LogP contribution in [0.4, 0.5) is 5.82 Å². The highest BCUT2D eigenvalue weighted by Gasteiger charge is 2.09. The number of ether oxygens (including phenoxy) is 2. The fourth-order valence-electron chi connectivity index (χ4n) is 2.03. The Kier molecular flexibility index (Phi) is 4.10. The number of benzene rings is 1. The van der Waals surface area contributed by atoms with E-state index in [0.717, 1.165) is 41.0 Å². The molecule has 0 spiro atoms. The smallest absolute Gasteiger partial charge is 0.162 e. The standard InChI is InChI=1S/C15H20N2O2/c1-5-6-16-15-10(2)7-11-8-13(18-3)14(19-4)9-12(11)17-15/h7-9H,5-6H2,1-4H3,(H,16,17). The van der Waals surface area contributed by atoms with Crippen LogP contribution in [-0.4, -0.2) is 25.7 Å². The van der Waals surface area contributed by atoms with Crippen LogP contribution in [0.25, 0.3) is 10.9 Å². The van der Waals surface area contributed by atoms with Crippen LogP contribution in [-0.2, 0) is 0 Å². The van der Waals surface area contributed by atoms with Crippen LogP contribution in [0.1, 0.15) is 18.9 Å². The fourth-order valence-corrected chi connectivity index (χ4v) is 2.03. The summed E-state index contributed by atoms with van der Waals surface area (Å²) in [6.07, 6.45) is 1.07. The van der Waals surface area contributed by atoms with Gasteiger partial charge in [0, 0.05) is 18.0 Å². The number of methoxy groups -OCH3 is 2. The van der Waals surface area contributed by atoms with Gasteiger partial charge in [-0.1, -0.05) is 6.92 Å². The molecule has 1 heterocycles. The molecule has 0 aliphatic rings. The quantitative estimate of drug-likeness (QED) is 0.895. The molecule has 4 heteroatoms. The monoisotopic (exact) mass is 260 g/mol. The molecule has 2 rings (SSSR count). The molecular formula is C15H20N2O2. The summed E-state index contributed by atoms with van der Waals surface area (Å²) in [6.45, 7) is 5.12. The summed E-state index contributed by atoms with van der Waals surface area (Å²) in [5, 5.41) is 4.39. The maximum Gasteiger partial charge on any atom is 0.162 e. The number of rotatable bonds is 5. The van der Waals surface area contributed by atoms with Gasteiger partial charge in [-0.15, -0.1) is 0 Å². The molecule has 1 N–H and O–H groups in total. The third kappa shape index (κ3) is 2.72. The first-order valence-corrected chi connectivity index (χ1v) is 6.46. The van der Waals surface area contributed by atoms with Crippen LogP contribution in [0.5, 0.6) is 11.5 Å². The molecule has 19 heavy (non-hydrogen) atoms. The lowest BCUT2D eigenvalue weighted by Gasteiger charge is -2.12. The van der Waals surface area contributed by atoms with Gasteiger partial charge in [0.15, 0.2) is 11.5 Å². The normalized spacial score (nSPS) is 10.5. The minimum absolute atomic E-state index is 0.702. The van der Waals surface area contributed by atoms with Gasteiger partial charge in [0.1, 0.15) is 5.82 Å². The van der Waals surface area contributed by atoms with E-state index in [1.165, 1.54) is 0 Å². The Morgan fingerprint density at radius 1 is 1.11 bits per heavy atom. The topological polar surface area (TPSA) is 43.4 Å². The van der Waals surface area contributed by atoms with Crippen LogP contribution in [0, 0.1) is 6.92 Å². The second-order valence-corrected chi connectivity index (χ2v) is 4.48. The third-order valence-corrected chi connectivity index (χ3v) is 3.05. The number of pyridine rings is 1. The van der Waals surface area contributed by atoms with Crippen LogP contribution in [0.2, 0.25) is 0 Å². The molecule has 0 aliphatic carbocycles. The van der Waals surface area contributed by atoms with E-state index < -0.39 is 0 Å². The van der Waals surface area contributed by atoms with E-state index >= 15 is 0 Å². The summed E-state index contributed by atoms with van der Waals surface area (Å²) in [5.41, 5.74) is 2.04. The number of hydrogen-bond acceptors (Lipinski definition) is 4. The predicted molar refractivity (Wildman–Crippen MR) is 78.4 cm³/mol. The highest BCUT2D eigenvalue weighted by molar-refractivity contribution is 5.85. The molecule has 102 valence electrons. The van der Waals surface area contributed by atoms with Crippen molar-refractivity contribution < 1.29 is 9.47 Å². The molecule has 0 bridgehead atoms. The van der Waals surface area contributed by atoms with Crippen molar-refractivity contribution in [2.75, 3.05) is 26.1 Å². The SMILES string of the molecule is CCCNc1nc2cc(OC)c(OC)cc2cc1C. The van der Waals surface area contributed by atoms with Gasteiger partial charge < -0.3 is 14.8 Å². The second-order valence-electron chi connectivity index (χ2n) is 4.48. The first-order valence-electron chi connectivity index (χ1n) is 6.46. The average Bonchev–Trinajstić information content (AvgIpc) is 2.43. The minimum Gasteiger partial charge on any atom is -0.493 e. The fraction of sp³-hybridized carbons (Fsp3) is 0.400. The largest absolute Gasteiger partial charge is 0.493 e. The molecule has 0 saturated carbocycles. The molecule has 0 atom stereocenters. The van der Waals surface area contributed by atoms with Crippen molar-refractivity contribution in [3.05, 3.63) is 23.8 Å². The Morgan fingerprint density at radius 3 is 2.42 bits per heavy atom. The van der Waals surface area contributed by atoms with Crippen LogP contribution in [0.15, 0.2) is 18.2 Å². The zero-order valence-corrected chi connectivity index (χ0v) is 11.9. The molecule has 0 saturated heterocycles.